The molecule has 1 fully saturated rings. The van der Waals surface area contributed by atoms with Gasteiger partial charge in [0.05, 0.1) is 0 Å². The van der Waals surface area contributed by atoms with Crippen LogP contribution in [0.15, 0.2) is 11.6 Å². The predicted octanol–water partition coefficient (Wildman–Crippen LogP) is 3.91. The summed E-state index contributed by atoms with van der Waals surface area (Å²) in [6.07, 6.45) is 14.7. The lowest BCUT2D eigenvalue weighted by Crippen LogP contribution is -2.03. The quantitative estimate of drug-likeness (QED) is 0.712. The van der Waals surface area contributed by atoms with Gasteiger partial charge in [-0.25, -0.2) is 4.79 Å². The first kappa shape index (κ1) is 12.3. The smallest absolute Gasteiger partial charge is 0.331 e. The zero-order chi connectivity index (χ0) is 10.9. The molecule has 0 unspecified atom stereocenters. The number of allylic oxidation sites excluding steroid dienone is 1. The molecule has 0 aliphatic heterocycles. The van der Waals surface area contributed by atoms with Crippen molar-refractivity contribution in [2.24, 2.45) is 0 Å². The average molecular weight is 210 g/mol. The molecule has 0 heterocycles. The molecule has 0 radical (unpaired) electrons. The average Bonchev–Trinajstić information content (AvgIpc) is 2.33. The number of aliphatic carboxylic acids is 1. The summed E-state index contributed by atoms with van der Waals surface area (Å²) in [5, 5.41) is 8.47. The first-order valence-corrected chi connectivity index (χ1v) is 6.23. The highest BCUT2D eigenvalue weighted by molar-refractivity contribution is 5.86. The van der Waals surface area contributed by atoms with E-state index in [-0.39, 0.29) is 0 Å². The van der Waals surface area contributed by atoms with E-state index in [0.29, 0.717) is 5.57 Å². The first-order valence-electron chi connectivity index (χ1n) is 6.23. The van der Waals surface area contributed by atoms with E-state index in [0.717, 1.165) is 25.7 Å². The van der Waals surface area contributed by atoms with Crippen LogP contribution in [0.4, 0.5) is 0 Å². The Bertz CT molecular complexity index is 203. The molecule has 1 N–H and O–H groups in total. The number of carboxylic acid groups (broad SMARTS) is 1. The lowest BCUT2D eigenvalue weighted by atomic mass is 10.0. The number of rotatable bonds is 1. The molecule has 2 aliphatic carbocycles. The van der Waals surface area contributed by atoms with Crippen LogP contribution in [0.1, 0.15) is 64.2 Å². The molecule has 0 atom stereocenters. The van der Waals surface area contributed by atoms with Crippen LogP contribution in [0.3, 0.4) is 0 Å². The van der Waals surface area contributed by atoms with E-state index in [1.807, 2.05) is 6.08 Å². The van der Waals surface area contributed by atoms with Crippen LogP contribution >= 0.6 is 0 Å². The predicted molar refractivity (Wildman–Crippen MR) is 61.9 cm³/mol. The first-order chi connectivity index (χ1) is 7.30. The number of hydrogen-bond donors (Lipinski definition) is 1. The van der Waals surface area contributed by atoms with Gasteiger partial charge in [-0.05, 0) is 25.7 Å². The molecule has 0 saturated heterocycles. The molecule has 86 valence electrons. The van der Waals surface area contributed by atoms with Crippen LogP contribution in [0, 0.1) is 0 Å². The van der Waals surface area contributed by atoms with E-state index < -0.39 is 5.97 Å². The van der Waals surface area contributed by atoms with Gasteiger partial charge in [-0.3, -0.25) is 0 Å². The number of carbonyl (C=O) groups is 1. The third-order valence-electron chi connectivity index (χ3n) is 3.07. The van der Waals surface area contributed by atoms with Crippen molar-refractivity contribution in [1.82, 2.24) is 0 Å². The summed E-state index contributed by atoms with van der Waals surface area (Å²) in [5.41, 5.74) is 0.598. The SMILES string of the molecule is C1CCCCC1.O=C(O)C1=CCCCC1. The number of hydrogen-bond acceptors (Lipinski definition) is 1. The molecule has 2 nitrogen and oxygen atoms in total. The highest BCUT2D eigenvalue weighted by Crippen LogP contribution is 2.16. The Morgan fingerprint density at radius 2 is 1.47 bits per heavy atom. The highest BCUT2D eigenvalue weighted by atomic mass is 16.4. The van der Waals surface area contributed by atoms with Crippen molar-refractivity contribution in [2.45, 2.75) is 64.2 Å². The van der Waals surface area contributed by atoms with Crippen molar-refractivity contribution in [2.75, 3.05) is 0 Å². The molecule has 0 bridgehead atoms. The lowest BCUT2D eigenvalue weighted by molar-refractivity contribution is -0.132. The fraction of sp³-hybridized carbons (Fsp3) is 0.769. The molecule has 2 heteroatoms. The minimum absolute atomic E-state index is 0.598. The molecule has 0 amide bonds. The Labute approximate surface area is 92.4 Å². The molecule has 15 heavy (non-hydrogen) atoms. The van der Waals surface area contributed by atoms with Gasteiger partial charge in [0.15, 0.2) is 0 Å². The maximum absolute atomic E-state index is 10.3. The lowest BCUT2D eigenvalue weighted by Gasteiger charge is -2.06. The van der Waals surface area contributed by atoms with Gasteiger partial charge in [0.1, 0.15) is 0 Å². The topological polar surface area (TPSA) is 37.3 Å². The second-order valence-corrected chi connectivity index (χ2v) is 4.40. The fourth-order valence-corrected chi connectivity index (χ4v) is 2.09. The minimum Gasteiger partial charge on any atom is -0.478 e. The molecule has 0 aromatic carbocycles. The number of carboxylic acids is 1. The van der Waals surface area contributed by atoms with Crippen molar-refractivity contribution >= 4 is 5.97 Å². The van der Waals surface area contributed by atoms with Gasteiger partial charge in [-0.2, -0.15) is 0 Å². The van der Waals surface area contributed by atoms with Crippen LogP contribution < -0.4 is 0 Å². The Kier molecular flexibility index (Phi) is 6.14. The van der Waals surface area contributed by atoms with E-state index in [9.17, 15) is 4.79 Å². The molecule has 2 aliphatic rings. The van der Waals surface area contributed by atoms with Crippen LogP contribution in [-0.4, -0.2) is 11.1 Å². The van der Waals surface area contributed by atoms with Crippen molar-refractivity contribution in [3.8, 4) is 0 Å². The van der Waals surface area contributed by atoms with Crippen molar-refractivity contribution < 1.29 is 9.90 Å². The normalized spacial score (nSPS) is 20.9. The summed E-state index contributed by atoms with van der Waals surface area (Å²) >= 11 is 0. The summed E-state index contributed by atoms with van der Waals surface area (Å²) in [6, 6.07) is 0. The summed E-state index contributed by atoms with van der Waals surface area (Å²) in [4.78, 5) is 10.3. The largest absolute Gasteiger partial charge is 0.478 e. The summed E-state index contributed by atoms with van der Waals surface area (Å²) in [5.74, 6) is -0.741. The summed E-state index contributed by atoms with van der Waals surface area (Å²) in [6.45, 7) is 0. The van der Waals surface area contributed by atoms with E-state index in [1.165, 1.54) is 38.5 Å². The Morgan fingerprint density at radius 1 is 0.933 bits per heavy atom. The van der Waals surface area contributed by atoms with Crippen LogP contribution in [0.25, 0.3) is 0 Å². The maximum atomic E-state index is 10.3. The van der Waals surface area contributed by atoms with Gasteiger partial charge < -0.3 is 5.11 Å². The van der Waals surface area contributed by atoms with Crippen molar-refractivity contribution in [3.63, 3.8) is 0 Å². The van der Waals surface area contributed by atoms with E-state index in [1.54, 1.807) is 0 Å². The van der Waals surface area contributed by atoms with Gasteiger partial charge in [0.25, 0.3) is 0 Å². The Hall–Kier alpha value is -0.790. The van der Waals surface area contributed by atoms with Crippen LogP contribution in [0.2, 0.25) is 0 Å². The second kappa shape index (κ2) is 7.49. The zero-order valence-electron chi connectivity index (χ0n) is 9.50. The molecule has 0 spiro atoms. The van der Waals surface area contributed by atoms with Crippen LogP contribution in [0.5, 0.6) is 0 Å². The van der Waals surface area contributed by atoms with Gasteiger partial charge in [-0.1, -0.05) is 44.6 Å². The van der Waals surface area contributed by atoms with Crippen LogP contribution in [-0.2, 0) is 4.79 Å². The van der Waals surface area contributed by atoms with Gasteiger partial charge >= 0.3 is 5.97 Å². The third kappa shape index (κ3) is 5.60. The fourth-order valence-electron chi connectivity index (χ4n) is 2.09. The maximum Gasteiger partial charge on any atom is 0.331 e. The van der Waals surface area contributed by atoms with Crippen molar-refractivity contribution in [3.05, 3.63) is 11.6 Å². The van der Waals surface area contributed by atoms with Crippen molar-refractivity contribution in [1.29, 1.82) is 0 Å². The Balaban J connectivity index is 0.000000162. The highest BCUT2D eigenvalue weighted by Gasteiger charge is 2.08. The molecule has 0 aromatic rings. The van der Waals surface area contributed by atoms with E-state index in [4.69, 9.17) is 5.11 Å². The summed E-state index contributed by atoms with van der Waals surface area (Å²) in [7, 11) is 0. The molecular weight excluding hydrogens is 188 g/mol. The molecule has 2 rings (SSSR count). The van der Waals surface area contributed by atoms with Gasteiger partial charge in [0.2, 0.25) is 0 Å². The van der Waals surface area contributed by atoms with E-state index in [2.05, 4.69) is 0 Å². The standard InChI is InChI=1S/C7H10O2.C6H12/c8-7(9)6-4-2-1-3-5-6;1-2-4-6-5-3-1/h4H,1-3,5H2,(H,8,9);1-6H2. The Morgan fingerprint density at radius 3 is 1.73 bits per heavy atom. The molecule has 1 saturated carbocycles. The summed E-state index contributed by atoms with van der Waals surface area (Å²) < 4.78 is 0. The second-order valence-electron chi connectivity index (χ2n) is 4.40. The van der Waals surface area contributed by atoms with E-state index >= 15 is 0 Å². The third-order valence-corrected chi connectivity index (χ3v) is 3.07. The van der Waals surface area contributed by atoms with Gasteiger partial charge in [0, 0.05) is 5.57 Å². The monoisotopic (exact) mass is 210 g/mol. The van der Waals surface area contributed by atoms with Gasteiger partial charge in [-0.15, -0.1) is 0 Å². The minimum atomic E-state index is -0.741. The zero-order valence-corrected chi connectivity index (χ0v) is 9.50. The molecule has 0 aromatic heterocycles. The molecular formula is C13H22O2.